The number of carbonyl (C=O) groups excluding carboxylic acids is 2. The van der Waals surface area contributed by atoms with E-state index in [0.717, 1.165) is 28.3 Å². The number of allylic oxidation sites excluding steroid dienone is 1. The third kappa shape index (κ3) is 7.73. The van der Waals surface area contributed by atoms with Crippen LogP contribution in [0.15, 0.2) is 66.6 Å². The van der Waals surface area contributed by atoms with Crippen LogP contribution in [0.3, 0.4) is 0 Å². The largest absolute Gasteiger partial charge is 0.490 e. The predicted molar refractivity (Wildman–Crippen MR) is 177 cm³/mol. The summed E-state index contributed by atoms with van der Waals surface area (Å²) in [6, 6.07) is 16.3. The number of benzene rings is 2. The molecule has 0 radical (unpaired) electrons. The molecule has 2 unspecified atom stereocenters. The molecule has 3 atom stereocenters. The first kappa shape index (κ1) is 33.1. The smallest absolute Gasteiger partial charge is 0.341 e. The minimum absolute atomic E-state index is 0.0774. The van der Waals surface area contributed by atoms with E-state index in [2.05, 4.69) is 36.3 Å². The van der Waals surface area contributed by atoms with Gasteiger partial charge in [-0.1, -0.05) is 43.5 Å². The Hall–Kier alpha value is -4.31. The van der Waals surface area contributed by atoms with E-state index in [1.165, 1.54) is 44.2 Å². The van der Waals surface area contributed by atoms with E-state index < -0.39 is 11.4 Å². The molecule has 46 heavy (non-hydrogen) atoms. The number of hydrazine groups is 1. The van der Waals surface area contributed by atoms with Crippen LogP contribution in [0, 0.1) is 17.3 Å². The Kier molecular flexibility index (Phi) is 10.1. The first-order chi connectivity index (χ1) is 22.0. The number of ether oxygens (including phenoxy) is 3. The standard InChI is InChI=1S/C36H47N5O5/c1-23(24-11-7-6-8-12-24)46-28-16-10-14-26(18-28)25-13-9-15-27(17-25)41-33(31(20-39-41)34(42)44-5)30-19-29(30)32(37)21-40(38)22-45-35(43)36(2,3)4/h9-10,13-18,20-21,23-24,29-30H,6-8,11-12,19,22,37-38H2,1-5H3/b32-21-/t23?,29-,30?/m0/s1. The van der Waals surface area contributed by atoms with Gasteiger partial charge in [0.05, 0.1) is 36.2 Å². The lowest BCUT2D eigenvalue weighted by atomic mass is 9.86. The van der Waals surface area contributed by atoms with Crippen LogP contribution in [0.25, 0.3) is 16.8 Å². The van der Waals surface area contributed by atoms with Crippen molar-refractivity contribution in [2.24, 2.45) is 28.8 Å². The second-order valence-corrected chi connectivity index (χ2v) is 13.5. The molecule has 0 aliphatic heterocycles. The Balaban J connectivity index is 1.35. The summed E-state index contributed by atoms with van der Waals surface area (Å²) >= 11 is 0. The fourth-order valence-corrected chi connectivity index (χ4v) is 6.21. The van der Waals surface area contributed by atoms with Gasteiger partial charge in [0.25, 0.3) is 0 Å². The third-order valence-corrected chi connectivity index (χ3v) is 8.95. The van der Waals surface area contributed by atoms with Crippen molar-refractivity contribution in [3.05, 3.63) is 77.9 Å². The molecule has 5 rings (SSSR count). The monoisotopic (exact) mass is 629 g/mol. The van der Waals surface area contributed by atoms with E-state index in [4.69, 9.17) is 25.8 Å². The first-order valence-electron chi connectivity index (χ1n) is 16.2. The van der Waals surface area contributed by atoms with Crippen LogP contribution in [-0.4, -0.2) is 46.7 Å². The molecular formula is C36H47N5O5. The highest BCUT2D eigenvalue weighted by Gasteiger charge is 2.45. The predicted octanol–water partition coefficient (Wildman–Crippen LogP) is 6.30. The minimum Gasteiger partial charge on any atom is -0.490 e. The van der Waals surface area contributed by atoms with E-state index >= 15 is 0 Å². The number of carbonyl (C=O) groups is 2. The highest BCUT2D eigenvalue weighted by Crippen LogP contribution is 2.52. The van der Waals surface area contributed by atoms with Crippen LogP contribution in [0.2, 0.25) is 0 Å². The Bertz CT molecular complexity index is 1570. The van der Waals surface area contributed by atoms with E-state index in [0.29, 0.717) is 23.6 Å². The van der Waals surface area contributed by atoms with E-state index in [1.807, 2.05) is 24.3 Å². The minimum atomic E-state index is -0.638. The maximum atomic E-state index is 12.8. The zero-order valence-electron chi connectivity index (χ0n) is 27.6. The molecule has 10 nitrogen and oxygen atoms in total. The van der Waals surface area contributed by atoms with Crippen molar-refractivity contribution in [2.45, 2.75) is 78.2 Å². The van der Waals surface area contributed by atoms with Crippen LogP contribution in [0.4, 0.5) is 0 Å². The highest BCUT2D eigenvalue weighted by atomic mass is 16.5. The van der Waals surface area contributed by atoms with Crippen LogP contribution in [0.1, 0.15) is 88.2 Å². The van der Waals surface area contributed by atoms with Crippen molar-refractivity contribution < 1.29 is 23.8 Å². The van der Waals surface area contributed by atoms with Gasteiger partial charge in [0.15, 0.2) is 6.73 Å². The second-order valence-electron chi connectivity index (χ2n) is 13.5. The molecule has 2 aromatic carbocycles. The highest BCUT2D eigenvalue weighted by molar-refractivity contribution is 5.91. The van der Waals surface area contributed by atoms with Crippen LogP contribution < -0.4 is 16.3 Å². The number of nitrogens with zero attached hydrogens (tertiary/aromatic N) is 3. The number of hydrogen-bond donors (Lipinski definition) is 2. The molecular weight excluding hydrogens is 582 g/mol. The number of rotatable bonds is 11. The number of methoxy groups -OCH3 is 1. The van der Waals surface area contributed by atoms with Crippen LogP contribution >= 0.6 is 0 Å². The Labute approximate surface area is 271 Å². The van der Waals surface area contributed by atoms with Gasteiger partial charge in [0.2, 0.25) is 0 Å². The van der Waals surface area contributed by atoms with E-state index in [1.54, 1.807) is 37.8 Å². The van der Waals surface area contributed by atoms with Crippen molar-refractivity contribution in [3.63, 3.8) is 0 Å². The normalized spacial score (nSPS) is 19.3. The van der Waals surface area contributed by atoms with Gasteiger partial charge in [-0.05, 0) is 88.3 Å². The summed E-state index contributed by atoms with van der Waals surface area (Å²) in [5.41, 5.74) is 10.3. The lowest BCUT2D eigenvalue weighted by Crippen LogP contribution is -2.33. The van der Waals surface area contributed by atoms with Gasteiger partial charge in [-0.25, -0.2) is 15.3 Å². The van der Waals surface area contributed by atoms with Crippen molar-refractivity contribution in [3.8, 4) is 22.6 Å². The number of hydrogen-bond acceptors (Lipinski definition) is 9. The quantitative estimate of drug-likeness (QED) is 0.108. The Morgan fingerprint density at radius 3 is 2.48 bits per heavy atom. The second kappa shape index (κ2) is 14.0. The van der Waals surface area contributed by atoms with Crippen molar-refractivity contribution in [2.75, 3.05) is 13.8 Å². The summed E-state index contributed by atoms with van der Waals surface area (Å²) in [6.07, 6.45) is 10.3. The van der Waals surface area contributed by atoms with Crippen LogP contribution in [0.5, 0.6) is 5.75 Å². The Morgan fingerprint density at radius 2 is 1.78 bits per heavy atom. The van der Waals surface area contributed by atoms with Gasteiger partial charge in [-0.15, -0.1) is 0 Å². The van der Waals surface area contributed by atoms with Gasteiger partial charge in [-0.3, -0.25) is 9.80 Å². The van der Waals surface area contributed by atoms with E-state index in [9.17, 15) is 9.59 Å². The summed E-state index contributed by atoms with van der Waals surface area (Å²) < 4.78 is 18.6. The molecule has 1 aromatic heterocycles. The summed E-state index contributed by atoms with van der Waals surface area (Å²) in [5, 5.41) is 5.88. The third-order valence-electron chi connectivity index (χ3n) is 8.95. The lowest BCUT2D eigenvalue weighted by Gasteiger charge is -2.28. The first-order valence-corrected chi connectivity index (χ1v) is 16.2. The van der Waals surface area contributed by atoms with Gasteiger partial charge >= 0.3 is 11.9 Å². The molecule has 2 saturated carbocycles. The SMILES string of the molecule is COC(=O)c1cnn(-c2cccc(-c3cccc(OC(C)C4CCCCC4)c3)c2)c1C1C[C@@H]1/C(N)=C/N(N)COC(=O)C(C)(C)C. The molecule has 2 aliphatic carbocycles. The Morgan fingerprint density at radius 1 is 1.09 bits per heavy atom. The summed E-state index contributed by atoms with van der Waals surface area (Å²) in [6.45, 7) is 7.38. The average Bonchev–Trinajstić information content (AvgIpc) is 3.73. The number of esters is 2. The zero-order valence-corrected chi connectivity index (χ0v) is 27.6. The molecule has 0 bridgehead atoms. The molecule has 1 heterocycles. The number of nitrogens with two attached hydrogens (primary N) is 2. The van der Waals surface area contributed by atoms with E-state index in [-0.39, 0.29) is 30.6 Å². The number of aromatic nitrogens is 2. The summed E-state index contributed by atoms with van der Waals surface area (Å²) in [4.78, 5) is 24.9. The maximum absolute atomic E-state index is 12.8. The van der Waals surface area contributed by atoms with Gasteiger partial charge in [-0.2, -0.15) is 5.10 Å². The molecule has 3 aromatic rings. The molecule has 2 aliphatic rings. The molecule has 4 N–H and O–H groups in total. The lowest BCUT2D eigenvalue weighted by molar-refractivity contribution is -0.156. The molecule has 246 valence electrons. The molecule has 2 fully saturated rings. The van der Waals surface area contributed by atoms with Crippen molar-refractivity contribution in [1.29, 1.82) is 0 Å². The fraction of sp³-hybridized carbons (Fsp3) is 0.472. The summed E-state index contributed by atoms with van der Waals surface area (Å²) in [7, 11) is 1.36. The van der Waals surface area contributed by atoms with Crippen LogP contribution in [-0.2, 0) is 14.3 Å². The topological polar surface area (TPSA) is 135 Å². The fourth-order valence-electron chi connectivity index (χ4n) is 6.21. The average molecular weight is 630 g/mol. The molecule has 0 amide bonds. The summed E-state index contributed by atoms with van der Waals surface area (Å²) in [5.74, 6) is 6.54. The van der Waals surface area contributed by atoms with Gasteiger partial charge in [0.1, 0.15) is 11.3 Å². The van der Waals surface area contributed by atoms with Crippen molar-refractivity contribution in [1.82, 2.24) is 14.8 Å². The maximum Gasteiger partial charge on any atom is 0.341 e. The molecule has 0 saturated heterocycles. The van der Waals surface area contributed by atoms with Gasteiger partial charge < -0.3 is 19.9 Å². The zero-order chi connectivity index (χ0) is 33.0. The van der Waals surface area contributed by atoms with Crippen molar-refractivity contribution >= 4 is 11.9 Å². The van der Waals surface area contributed by atoms with Gasteiger partial charge in [0, 0.05) is 23.7 Å². The molecule has 0 spiro atoms. The molecule has 10 heteroatoms.